The molecule has 0 aliphatic heterocycles. The average Bonchev–Trinajstić information content (AvgIpc) is 2.73. The molecule has 2 amide bonds. The molecule has 0 unspecified atom stereocenters. The molecule has 2 N–H and O–H groups in total. The SMILES string of the molecule is Cc1ccc(NC(=O)COc2ccccc2C(=O)NCc2ccccc2)c(Cl)c1. The molecule has 6 heteroatoms. The number of carbonyl (C=O) groups is 2. The van der Waals surface area contributed by atoms with E-state index in [0.29, 0.717) is 28.6 Å². The fraction of sp³-hybridized carbons (Fsp3) is 0.130. The molecule has 0 radical (unpaired) electrons. The van der Waals surface area contributed by atoms with Crippen LogP contribution in [0.3, 0.4) is 0 Å². The van der Waals surface area contributed by atoms with E-state index < -0.39 is 0 Å². The monoisotopic (exact) mass is 408 g/mol. The normalized spacial score (nSPS) is 10.3. The molecule has 0 fully saturated rings. The molecule has 0 aliphatic carbocycles. The molecule has 0 bridgehead atoms. The number of amides is 2. The first-order valence-electron chi connectivity index (χ1n) is 9.13. The van der Waals surface area contributed by atoms with Gasteiger partial charge in [0.1, 0.15) is 5.75 Å². The summed E-state index contributed by atoms with van der Waals surface area (Å²) in [5.41, 5.74) is 2.87. The van der Waals surface area contributed by atoms with Crippen LogP contribution in [0.2, 0.25) is 5.02 Å². The van der Waals surface area contributed by atoms with Crippen molar-refractivity contribution < 1.29 is 14.3 Å². The summed E-state index contributed by atoms with van der Waals surface area (Å²) in [7, 11) is 0. The number of carbonyl (C=O) groups excluding carboxylic acids is 2. The molecule has 0 saturated carbocycles. The Morgan fingerprint density at radius 3 is 2.45 bits per heavy atom. The Labute approximate surface area is 174 Å². The highest BCUT2D eigenvalue weighted by Gasteiger charge is 2.14. The van der Waals surface area contributed by atoms with E-state index in [2.05, 4.69) is 10.6 Å². The van der Waals surface area contributed by atoms with Gasteiger partial charge in [-0.2, -0.15) is 0 Å². The van der Waals surface area contributed by atoms with Gasteiger partial charge in [0.05, 0.1) is 16.3 Å². The number of halogens is 1. The maximum absolute atomic E-state index is 12.5. The fourth-order valence-corrected chi connectivity index (χ4v) is 2.99. The third-order valence-corrected chi connectivity index (χ3v) is 4.50. The number of anilines is 1. The third-order valence-electron chi connectivity index (χ3n) is 4.19. The topological polar surface area (TPSA) is 67.4 Å². The highest BCUT2D eigenvalue weighted by Crippen LogP contribution is 2.23. The van der Waals surface area contributed by atoms with Crippen LogP contribution >= 0.6 is 11.6 Å². The summed E-state index contributed by atoms with van der Waals surface area (Å²) in [6.45, 7) is 2.08. The minimum absolute atomic E-state index is 0.243. The second-order valence-electron chi connectivity index (χ2n) is 6.48. The van der Waals surface area contributed by atoms with E-state index >= 15 is 0 Å². The predicted octanol–water partition coefficient (Wildman–Crippen LogP) is 4.60. The first kappa shape index (κ1) is 20.4. The zero-order valence-corrected chi connectivity index (χ0v) is 16.7. The molecule has 3 rings (SSSR count). The van der Waals surface area contributed by atoms with E-state index in [4.69, 9.17) is 16.3 Å². The van der Waals surface area contributed by atoms with Crippen molar-refractivity contribution in [2.24, 2.45) is 0 Å². The number of hydrogen-bond donors (Lipinski definition) is 2. The lowest BCUT2D eigenvalue weighted by Gasteiger charge is -2.12. The smallest absolute Gasteiger partial charge is 0.262 e. The van der Waals surface area contributed by atoms with Crippen molar-refractivity contribution in [2.45, 2.75) is 13.5 Å². The summed E-state index contributed by atoms with van der Waals surface area (Å²) in [5, 5.41) is 6.02. The lowest BCUT2D eigenvalue weighted by Crippen LogP contribution is -2.25. The van der Waals surface area contributed by atoms with E-state index in [1.54, 1.807) is 36.4 Å². The van der Waals surface area contributed by atoms with Crippen molar-refractivity contribution in [3.05, 3.63) is 94.5 Å². The maximum Gasteiger partial charge on any atom is 0.262 e. The summed E-state index contributed by atoms with van der Waals surface area (Å²) in [5.74, 6) is -0.301. The van der Waals surface area contributed by atoms with E-state index in [1.807, 2.05) is 43.3 Å². The maximum atomic E-state index is 12.5. The largest absolute Gasteiger partial charge is 0.483 e. The van der Waals surface area contributed by atoms with Crippen LogP contribution in [0, 0.1) is 6.92 Å². The molecule has 29 heavy (non-hydrogen) atoms. The van der Waals surface area contributed by atoms with Crippen LogP contribution in [0.1, 0.15) is 21.5 Å². The second kappa shape index (κ2) is 9.75. The van der Waals surface area contributed by atoms with E-state index in [1.165, 1.54) is 0 Å². The van der Waals surface area contributed by atoms with Gasteiger partial charge in [-0.3, -0.25) is 9.59 Å². The standard InChI is InChI=1S/C23H21ClN2O3/c1-16-11-12-20(19(24)13-16)26-22(27)15-29-21-10-6-5-9-18(21)23(28)25-14-17-7-3-2-4-8-17/h2-13H,14-15H2,1H3,(H,25,28)(H,26,27). The van der Waals surface area contributed by atoms with Gasteiger partial charge in [0.15, 0.2) is 6.61 Å². The summed E-state index contributed by atoms with van der Waals surface area (Å²) >= 11 is 6.13. The Kier molecular flexibility index (Phi) is 6.87. The zero-order chi connectivity index (χ0) is 20.6. The molecule has 0 aliphatic rings. The summed E-state index contributed by atoms with van der Waals surface area (Å²) in [4.78, 5) is 24.8. The Bertz CT molecular complexity index is 1010. The van der Waals surface area contributed by atoms with E-state index in [9.17, 15) is 9.59 Å². The molecule has 148 valence electrons. The molecular weight excluding hydrogens is 388 g/mol. The van der Waals surface area contributed by atoms with Crippen LogP contribution in [-0.2, 0) is 11.3 Å². The van der Waals surface area contributed by atoms with E-state index in [-0.39, 0.29) is 18.4 Å². The lowest BCUT2D eigenvalue weighted by atomic mass is 10.1. The number of aryl methyl sites for hydroxylation is 1. The zero-order valence-electron chi connectivity index (χ0n) is 15.9. The summed E-state index contributed by atoms with van der Waals surface area (Å²) in [6.07, 6.45) is 0. The van der Waals surface area contributed by atoms with Crippen LogP contribution in [0.4, 0.5) is 5.69 Å². The van der Waals surface area contributed by atoms with Crippen molar-refractivity contribution >= 4 is 29.1 Å². The Morgan fingerprint density at radius 2 is 1.69 bits per heavy atom. The van der Waals surface area contributed by atoms with Gasteiger partial charge in [0.2, 0.25) is 0 Å². The number of rotatable bonds is 7. The van der Waals surface area contributed by atoms with Crippen molar-refractivity contribution in [2.75, 3.05) is 11.9 Å². The third kappa shape index (κ3) is 5.83. The number of benzene rings is 3. The van der Waals surface area contributed by atoms with Gasteiger partial charge < -0.3 is 15.4 Å². The quantitative estimate of drug-likeness (QED) is 0.600. The van der Waals surface area contributed by atoms with Gasteiger partial charge >= 0.3 is 0 Å². The molecule has 0 saturated heterocycles. The van der Waals surface area contributed by atoms with Crippen molar-refractivity contribution in [1.29, 1.82) is 0 Å². The number of nitrogens with one attached hydrogen (secondary N) is 2. The molecule has 3 aromatic carbocycles. The number of hydrogen-bond acceptors (Lipinski definition) is 3. The van der Waals surface area contributed by atoms with Crippen molar-refractivity contribution in [1.82, 2.24) is 5.32 Å². The molecule has 0 heterocycles. The molecule has 5 nitrogen and oxygen atoms in total. The van der Waals surface area contributed by atoms with Crippen molar-refractivity contribution in [3.63, 3.8) is 0 Å². The number of ether oxygens (including phenoxy) is 1. The molecular formula is C23H21ClN2O3. The lowest BCUT2D eigenvalue weighted by molar-refractivity contribution is -0.118. The van der Waals surface area contributed by atoms with Gasteiger partial charge in [0.25, 0.3) is 11.8 Å². The van der Waals surface area contributed by atoms with Crippen LogP contribution in [-0.4, -0.2) is 18.4 Å². The average molecular weight is 409 g/mol. The Balaban J connectivity index is 1.59. The van der Waals surface area contributed by atoms with E-state index in [0.717, 1.165) is 11.1 Å². The Hall–Kier alpha value is -3.31. The van der Waals surface area contributed by atoms with Gasteiger partial charge in [-0.15, -0.1) is 0 Å². The van der Waals surface area contributed by atoms with Crippen LogP contribution in [0.5, 0.6) is 5.75 Å². The summed E-state index contributed by atoms with van der Waals surface area (Å²) < 4.78 is 5.59. The minimum atomic E-state index is -0.366. The highest BCUT2D eigenvalue weighted by atomic mass is 35.5. The number of para-hydroxylation sites is 1. The minimum Gasteiger partial charge on any atom is -0.483 e. The molecule has 0 aromatic heterocycles. The van der Waals surface area contributed by atoms with Crippen LogP contribution < -0.4 is 15.4 Å². The first-order valence-corrected chi connectivity index (χ1v) is 9.50. The highest BCUT2D eigenvalue weighted by molar-refractivity contribution is 6.33. The van der Waals surface area contributed by atoms with Gasteiger partial charge in [-0.25, -0.2) is 0 Å². The molecule has 3 aromatic rings. The van der Waals surface area contributed by atoms with Crippen LogP contribution in [0.25, 0.3) is 0 Å². The van der Waals surface area contributed by atoms with Gasteiger partial charge in [0, 0.05) is 6.54 Å². The molecule has 0 spiro atoms. The Morgan fingerprint density at radius 1 is 0.966 bits per heavy atom. The predicted molar refractivity (Wildman–Crippen MR) is 114 cm³/mol. The second-order valence-corrected chi connectivity index (χ2v) is 6.89. The first-order chi connectivity index (χ1) is 14.0. The summed E-state index contributed by atoms with van der Waals surface area (Å²) in [6, 6.07) is 21.8. The van der Waals surface area contributed by atoms with Gasteiger partial charge in [-0.1, -0.05) is 60.1 Å². The van der Waals surface area contributed by atoms with Gasteiger partial charge in [-0.05, 0) is 42.3 Å². The molecule has 0 atom stereocenters. The fourth-order valence-electron chi connectivity index (χ4n) is 2.70. The van der Waals surface area contributed by atoms with Crippen LogP contribution in [0.15, 0.2) is 72.8 Å². The van der Waals surface area contributed by atoms with Crippen molar-refractivity contribution in [3.8, 4) is 5.75 Å².